The third-order valence-electron chi connectivity index (χ3n) is 2.91. The first-order valence-corrected chi connectivity index (χ1v) is 7.73. The molecule has 19 heavy (non-hydrogen) atoms. The maximum atomic E-state index is 12.6. The normalized spacial score (nSPS) is 13.2. The van der Waals surface area contributed by atoms with E-state index in [1.165, 1.54) is 0 Å². The molecule has 0 unspecified atom stereocenters. The maximum absolute atomic E-state index is 12.6. The van der Waals surface area contributed by atoms with Gasteiger partial charge in [0.25, 0.3) is 0 Å². The maximum Gasteiger partial charge on any atom is 0.186 e. The van der Waals surface area contributed by atoms with Gasteiger partial charge >= 0.3 is 0 Å². The van der Waals surface area contributed by atoms with E-state index in [0.717, 1.165) is 0 Å². The summed E-state index contributed by atoms with van der Waals surface area (Å²) in [4.78, 5) is 0.255. The Morgan fingerprint density at radius 1 is 1.00 bits per heavy atom. The predicted molar refractivity (Wildman–Crippen MR) is 76.9 cm³/mol. The van der Waals surface area contributed by atoms with E-state index < -0.39 is 15.1 Å². The SMILES string of the molecule is NC[C@H](c1ccccc1Cl)S(=O)(=O)c1ccccc1. The van der Waals surface area contributed by atoms with E-state index in [1.807, 2.05) is 0 Å². The molecule has 5 heteroatoms. The van der Waals surface area contributed by atoms with E-state index >= 15 is 0 Å². The minimum Gasteiger partial charge on any atom is -0.329 e. The van der Waals surface area contributed by atoms with Crippen LogP contribution in [0.3, 0.4) is 0 Å². The molecule has 2 aromatic carbocycles. The second kappa shape index (κ2) is 5.74. The van der Waals surface area contributed by atoms with Crippen molar-refractivity contribution in [3.8, 4) is 0 Å². The van der Waals surface area contributed by atoms with Crippen molar-refractivity contribution in [3.05, 3.63) is 65.2 Å². The molecule has 0 spiro atoms. The van der Waals surface area contributed by atoms with Gasteiger partial charge in [0.15, 0.2) is 9.84 Å². The van der Waals surface area contributed by atoms with Crippen molar-refractivity contribution in [3.63, 3.8) is 0 Å². The Bertz CT molecular complexity index is 656. The van der Waals surface area contributed by atoms with Crippen LogP contribution in [-0.2, 0) is 9.84 Å². The Labute approximate surface area is 117 Å². The van der Waals surface area contributed by atoms with Crippen molar-refractivity contribution in [2.75, 3.05) is 6.54 Å². The predicted octanol–water partition coefficient (Wildman–Crippen LogP) is 2.81. The molecule has 0 amide bonds. The molecular formula is C14H14ClNO2S. The molecule has 0 aliphatic heterocycles. The van der Waals surface area contributed by atoms with Gasteiger partial charge in [0.2, 0.25) is 0 Å². The van der Waals surface area contributed by atoms with Crippen LogP contribution in [0.4, 0.5) is 0 Å². The van der Waals surface area contributed by atoms with Gasteiger partial charge < -0.3 is 5.73 Å². The standard InChI is InChI=1S/C14H14ClNO2S/c15-13-9-5-4-8-12(13)14(10-16)19(17,18)11-6-2-1-3-7-11/h1-9,14H,10,16H2/t14-/m1/s1. The Hall–Kier alpha value is -1.36. The van der Waals surface area contributed by atoms with Crippen molar-refractivity contribution < 1.29 is 8.42 Å². The van der Waals surface area contributed by atoms with Gasteiger partial charge in [0.1, 0.15) is 5.25 Å². The summed E-state index contributed by atoms with van der Waals surface area (Å²) in [5.41, 5.74) is 6.20. The molecule has 0 heterocycles. The number of benzene rings is 2. The van der Waals surface area contributed by atoms with Crippen molar-refractivity contribution in [1.29, 1.82) is 0 Å². The first kappa shape index (κ1) is 14.1. The molecule has 0 saturated heterocycles. The lowest BCUT2D eigenvalue weighted by Gasteiger charge is -2.17. The van der Waals surface area contributed by atoms with Gasteiger partial charge in [-0.3, -0.25) is 0 Å². The quantitative estimate of drug-likeness (QED) is 0.943. The summed E-state index contributed by atoms with van der Waals surface area (Å²) in [6.45, 7) is -0.0129. The van der Waals surface area contributed by atoms with E-state index in [0.29, 0.717) is 10.6 Å². The molecule has 2 N–H and O–H groups in total. The van der Waals surface area contributed by atoms with Gasteiger partial charge in [-0.15, -0.1) is 0 Å². The molecule has 0 radical (unpaired) electrons. The lowest BCUT2D eigenvalue weighted by Crippen LogP contribution is -2.22. The van der Waals surface area contributed by atoms with Crippen LogP contribution in [0.25, 0.3) is 0 Å². The van der Waals surface area contributed by atoms with Gasteiger partial charge in [-0.2, -0.15) is 0 Å². The van der Waals surface area contributed by atoms with Crippen molar-refractivity contribution >= 4 is 21.4 Å². The second-order valence-corrected chi connectivity index (χ2v) is 6.64. The van der Waals surface area contributed by atoms with Crippen LogP contribution in [0.15, 0.2) is 59.5 Å². The number of rotatable bonds is 4. The second-order valence-electron chi connectivity index (χ2n) is 4.10. The molecule has 100 valence electrons. The van der Waals surface area contributed by atoms with Gasteiger partial charge in [-0.25, -0.2) is 8.42 Å². The highest BCUT2D eigenvalue weighted by Crippen LogP contribution is 2.32. The summed E-state index contributed by atoms with van der Waals surface area (Å²) in [5, 5.41) is -0.416. The van der Waals surface area contributed by atoms with E-state index in [2.05, 4.69) is 0 Å². The van der Waals surface area contributed by atoms with Crippen LogP contribution in [-0.4, -0.2) is 15.0 Å². The van der Waals surface area contributed by atoms with Crippen LogP contribution in [0, 0.1) is 0 Å². The summed E-state index contributed by atoms with van der Waals surface area (Å²) >= 11 is 6.07. The fourth-order valence-electron chi connectivity index (χ4n) is 1.93. The van der Waals surface area contributed by atoms with Crippen molar-refractivity contribution in [2.24, 2.45) is 5.73 Å². The zero-order chi connectivity index (χ0) is 13.9. The third-order valence-corrected chi connectivity index (χ3v) is 5.38. The van der Waals surface area contributed by atoms with Crippen LogP contribution in [0.1, 0.15) is 10.8 Å². The first-order valence-electron chi connectivity index (χ1n) is 5.81. The Morgan fingerprint density at radius 3 is 2.16 bits per heavy atom. The number of halogens is 1. The molecule has 3 nitrogen and oxygen atoms in total. The van der Waals surface area contributed by atoms with Gasteiger partial charge in [-0.1, -0.05) is 48.0 Å². The molecule has 0 aromatic heterocycles. The smallest absolute Gasteiger partial charge is 0.186 e. The lowest BCUT2D eigenvalue weighted by atomic mass is 10.1. The molecule has 0 fully saturated rings. The summed E-state index contributed by atoms with van der Waals surface area (Å²) in [7, 11) is -3.54. The zero-order valence-corrected chi connectivity index (χ0v) is 11.7. The largest absolute Gasteiger partial charge is 0.329 e. The molecule has 0 saturated carbocycles. The molecule has 2 rings (SSSR count). The molecule has 0 bridgehead atoms. The highest BCUT2D eigenvalue weighted by Gasteiger charge is 2.29. The topological polar surface area (TPSA) is 60.2 Å². The van der Waals surface area contributed by atoms with Crippen molar-refractivity contribution in [1.82, 2.24) is 0 Å². The highest BCUT2D eigenvalue weighted by atomic mass is 35.5. The Balaban J connectivity index is 2.52. The fourth-order valence-corrected chi connectivity index (χ4v) is 3.92. The monoisotopic (exact) mass is 295 g/mol. The molecule has 0 aliphatic carbocycles. The minimum atomic E-state index is -3.54. The number of hydrogen-bond donors (Lipinski definition) is 1. The average molecular weight is 296 g/mol. The average Bonchev–Trinajstić information content (AvgIpc) is 2.42. The van der Waals surface area contributed by atoms with Crippen LogP contribution >= 0.6 is 11.6 Å². The molecule has 1 atom stereocenters. The van der Waals surface area contributed by atoms with Gasteiger partial charge in [0.05, 0.1) is 4.90 Å². The van der Waals surface area contributed by atoms with Gasteiger partial charge in [-0.05, 0) is 23.8 Å². The number of sulfone groups is 1. The summed E-state index contributed by atoms with van der Waals surface area (Å²) in [6.07, 6.45) is 0. The highest BCUT2D eigenvalue weighted by molar-refractivity contribution is 7.91. The van der Waals surface area contributed by atoms with Crippen LogP contribution < -0.4 is 5.73 Å². The van der Waals surface area contributed by atoms with E-state index in [4.69, 9.17) is 17.3 Å². The summed E-state index contributed by atoms with van der Waals surface area (Å²) in [6, 6.07) is 15.1. The van der Waals surface area contributed by atoms with Crippen LogP contribution in [0.5, 0.6) is 0 Å². The lowest BCUT2D eigenvalue weighted by molar-refractivity contribution is 0.582. The van der Waals surface area contributed by atoms with E-state index in [1.54, 1.807) is 54.6 Å². The van der Waals surface area contributed by atoms with Crippen LogP contribution in [0.2, 0.25) is 5.02 Å². The minimum absolute atomic E-state index is 0.0129. The number of nitrogens with two attached hydrogens (primary N) is 1. The first-order chi connectivity index (χ1) is 9.07. The molecule has 0 aliphatic rings. The van der Waals surface area contributed by atoms with E-state index in [-0.39, 0.29) is 11.4 Å². The Kier molecular flexibility index (Phi) is 4.24. The molecular weight excluding hydrogens is 282 g/mol. The van der Waals surface area contributed by atoms with Crippen molar-refractivity contribution in [2.45, 2.75) is 10.1 Å². The summed E-state index contributed by atoms with van der Waals surface area (Å²) in [5.74, 6) is 0. The van der Waals surface area contributed by atoms with Gasteiger partial charge in [0, 0.05) is 11.6 Å². The fraction of sp³-hybridized carbons (Fsp3) is 0.143. The number of hydrogen-bond acceptors (Lipinski definition) is 3. The van der Waals surface area contributed by atoms with E-state index in [9.17, 15) is 8.42 Å². The summed E-state index contributed by atoms with van der Waals surface area (Å²) < 4.78 is 25.2. The zero-order valence-electron chi connectivity index (χ0n) is 10.2. The Morgan fingerprint density at radius 2 is 1.58 bits per heavy atom. The molecule has 2 aromatic rings. The third kappa shape index (κ3) is 2.81.